The van der Waals surface area contributed by atoms with Crippen LogP contribution in [0.2, 0.25) is 0 Å². The summed E-state index contributed by atoms with van der Waals surface area (Å²) in [6, 6.07) is 11.8. The van der Waals surface area contributed by atoms with Crippen molar-refractivity contribution in [1.29, 1.82) is 0 Å². The molecule has 142 valence electrons. The Hall–Kier alpha value is -2.66. The van der Waals surface area contributed by atoms with Gasteiger partial charge in [-0.3, -0.25) is 15.0 Å². The van der Waals surface area contributed by atoms with Crippen LogP contribution >= 0.6 is 0 Å². The topological polar surface area (TPSA) is 55.6 Å². The molecule has 0 fully saturated rings. The third-order valence-electron chi connectivity index (χ3n) is 4.20. The van der Waals surface area contributed by atoms with Gasteiger partial charge >= 0.3 is 5.69 Å². The molecule has 0 saturated heterocycles. The average molecular weight is 371 g/mol. The Labute approximate surface area is 167 Å². The van der Waals surface area contributed by atoms with Gasteiger partial charge in [0.1, 0.15) is 0 Å². The second kappa shape index (κ2) is 8.35. The number of nitro benzene ring substituents is 1. The van der Waals surface area contributed by atoms with Crippen molar-refractivity contribution < 1.29 is 16.5 Å². The van der Waals surface area contributed by atoms with Gasteiger partial charge in [-0.1, -0.05) is 36.4 Å². The smallest absolute Gasteiger partial charge is 0.311 e. The van der Waals surface area contributed by atoms with Crippen LogP contribution in [0, 0.1) is 17.0 Å². The number of rotatable bonds is 6. The monoisotopic (exact) mass is 371 g/mol. The fraction of sp³-hybridized carbons (Fsp3) is 0.364. The van der Waals surface area contributed by atoms with Crippen LogP contribution in [0.25, 0.3) is 5.57 Å². The maximum atomic E-state index is 11.5. The lowest BCUT2D eigenvalue weighted by Gasteiger charge is -2.27. The molecule has 5 nitrogen and oxygen atoms in total. The van der Waals surface area contributed by atoms with Gasteiger partial charge in [-0.2, -0.15) is 0 Å². The zero-order valence-electron chi connectivity index (χ0n) is 20.7. The molecule has 0 saturated carbocycles. The Morgan fingerprint density at radius 3 is 2.70 bits per heavy atom. The van der Waals surface area contributed by atoms with E-state index in [1.807, 2.05) is 30.3 Å². The van der Waals surface area contributed by atoms with E-state index in [4.69, 9.17) is 11.6 Å². The minimum atomic E-state index is -2.10. The van der Waals surface area contributed by atoms with E-state index in [0.29, 0.717) is 16.7 Å². The average Bonchev–Trinajstić information content (AvgIpc) is 2.64. The summed E-state index contributed by atoms with van der Waals surface area (Å²) in [5, 5.41) is 11.5. The molecule has 27 heavy (non-hydrogen) atoms. The SMILES string of the molecule is [2H]C(C)(C)Oc1cc(C2=CC([2H])([2H])N(Cc3ccccc3)C([2H])([2H])C2)c(C)cc1[N+](=O)[O-]. The first kappa shape index (κ1) is 13.5. The largest absolute Gasteiger partial charge is 0.484 e. The van der Waals surface area contributed by atoms with Gasteiger partial charge in [-0.05, 0) is 55.5 Å². The van der Waals surface area contributed by atoms with Crippen LogP contribution in [-0.2, 0) is 6.54 Å². The van der Waals surface area contributed by atoms with Crippen molar-refractivity contribution in [3.05, 3.63) is 75.3 Å². The van der Waals surface area contributed by atoms with Crippen LogP contribution in [0.5, 0.6) is 5.75 Å². The lowest BCUT2D eigenvalue weighted by molar-refractivity contribution is -0.386. The van der Waals surface area contributed by atoms with E-state index in [9.17, 15) is 10.1 Å². The predicted molar refractivity (Wildman–Crippen MR) is 108 cm³/mol. The van der Waals surface area contributed by atoms with Crippen LogP contribution in [0.4, 0.5) is 5.69 Å². The maximum Gasteiger partial charge on any atom is 0.311 e. The van der Waals surface area contributed by atoms with Gasteiger partial charge in [0.25, 0.3) is 0 Å². The van der Waals surface area contributed by atoms with Gasteiger partial charge in [-0.15, -0.1) is 0 Å². The Kier molecular flexibility index (Phi) is 4.18. The summed E-state index contributed by atoms with van der Waals surface area (Å²) in [5.74, 6) is -0.107. The van der Waals surface area contributed by atoms with Crippen molar-refractivity contribution in [2.45, 2.75) is 39.8 Å². The van der Waals surface area contributed by atoms with Gasteiger partial charge in [0, 0.05) is 31.1 Å². The zero-order valence-corrected chi connectivity index (χ0v) is 15.7. The van der Waals surface area contributed by atoms with Crippen LogP contribution < -0.4 is 4.74 Å². The number of aryl methyl sites for hydroxylation is 1. The van der Waals surface area contributed by atoms with Gasteiger partial charge in [0.2, 0.25) is 0 Å². The molecule has 0 N–H and O–H groups in total. The number of benzene rings is 2. The summed E-state index contributed by atoms with van der Waals surface area (Å²) in [4.78, 5) is 12.1. The van der Waals surface area contributed by atoms with Crippen LogP contribution in [0.3, 0.4) is 0 Å². The molecule has 0 amide bonds. The Morgan fingerprint density at radius 2 is 2.07 bits per heavy atom. The first-order valence-corrected chi connectivity index (χ1v) is 8.71. The Morgan fingerprint density at radius 1 is 1.33 bits per heavy atom. The summed E-state index contributed by atoms with van der Waals surface area (Å²) in [6.07, 6.45) is -0.170. The summed E-state index contributed by atoms with van der Waals surface area (Å²) >= 11 is 0. The van der Waals surface area contributed by atoms with Gasteiger partial charge in [-0.25, -0.2) is 0 Å². The molecule has 0 radical (unpaired) electrons. The molecule has 1 heterocycles. The molecule has 1 aliphatic rings. The summed E-state index contributed by atoms with van der Waals surface area (Å²) in [5.41, 5.74) is 1.85. The van der Waals surface area contributed by atoms with Crippen LogP contribution in [0.1, 0.15) is 43.8 Å². The molecule has 0 spiro atoms. The first-order chi connectivity index (χ1) is 14.7. The third-order valence-corrected chi connectivity index (χ3v) is 4.20. The lowest BCUT2D eigenvalue weighted by atomic mass is 9.94. The number of hydrogen-bond acceptors (Lipinski definition) is 4. The summed E-state index contributed by atoms with van der Waals surface area (Å²) in [6.45, 7) is 0.541. The molecule has 2 aromatic carbocycles. The first-order valence-electron chi connectivity index (χ1n) is 11.2. The fourth-order valence-corrected chi connectivity index (χ4v) is 2.94. The van der Waals surface area contributed by atoms with E-state index in [1.165, 1.54) is 37.0 Å². The van der Waals surface area contributed by atoms with E-state index >= 15 is 0 Å². The second-order valence-corrected chi connectivity index (χ2v) is 6.61. The van der Waals surface area contributed by atoms with E-state index in [2.05, 4.69) is 0 Å². The molecule has 0 aliphatic carbocycles. The molecule has 5 heteroatoms. The fourth-order valence-electron chi connectivity index (χ4n) is 2.94. The molecule has 3 rings (SSSR count). The molecule has 0 atom stereocenters. The molecule has 0 unspecified atom stereocenters. The highest BCUT2D eigenvalue weighted by Gasteiger charge is 2.22. The number of hydrogen-bond donors (Lipinski definition) is 0. The van der Waals surface area contributed by atoms with Crippen molar-refractivity contribution >= 4 is 11.3 Å². The van der Waals surface area contributed by atoms with Gasteiger partial charge in [0.05, 0.1) is 12.4 Å². The number of nitro groups is 1. The van der Waals surface area contributed by atoms with Gasteiger partial charge in [0.15, 0.2) is 5.75 Å². The van der Waals surface area contributed by atoms with E-state index in [-0.39, 0.29) is 24.4 Å². The normalized spacial score (nSPS) is 21.7. The summed E-state index contributed by atoms with van der Waals surface area (Å²) < 4.78 is 47.7. The third kappa shape index (κ3) is 4.74. The molecular weight excluding hydrogens is 340 g/mol. The Bertz CT molecular complexity index is 1050. The van der Waals surface area contributed by atoms with E-state index in [0.717, 1.165) is 5.56 Å². The molecule has 0 bridgehead atoms. The van der Waals surface area contributed by atoms with Crippen molar-refractivity contribution in [3.63, 3.8) is 0 Å². The highest BCUT2D eigenvalue weighted by atomic mass is 16.6. The Balaban J connectivity index is 2.06. The van der Waals surface area contributed by atoms with E-state index < -0.39 is 24.0 Å². The minimum absolute atomic E-state index is 0.0885. The van der Waals surface area contributed by atoms with Crippen molar-refractivity contribution in [1.82, 2.24) is 4.90 Å². The quantitative estimate of drug-likeness (QED) is 0.531. The minimum Gasteiger partial charge on any atom is -0.484 e. The van der Waals surface area contributed by atoms with Gasteiger partial charge < -0.3 is 4.74 Å². The van der Waals surface area contributed by atoms with Crippen molar-refractivity contribution in [2.75, 3.05) is 13.0 Å². The number of ether oxygens (including phenoxy) is 1. The van der Waals surface area contributed by atoms with Crippen LogP contribution in [0.15, 0.2) is 48.5 Å². The highest BCUT2D eigenvalue weighted by Crippen LogP contribution is 2.36. The molecule has 0 aromatic heterocycles. The maximum absolute atomic E-state index is 11.5. The molecule has 2 aromatic rings. The lowest BCUT2D eigenvalue weighted by Crippen LogP contribution is -2.28. The van der Waals surface area contributed by atoms with Crippen molar-refractivity contribution in [3.8, 4) is 5.75 Å². The molecular formula is C22H26N2O3. The summed E-state index contributed by atoms with van der Waals surface area (Å²) in [7, 11) is 0. The van der Waals surface area contributed by atoms with Crippen molar-refractivity contribution in [2.24, 2.45) is 0 Å². The molecule has 1 aliphatic heterocycles. The zero-order chi connectivity index (χ0) is 23.9. The number of nitrogens with zero attached hydrogens (tertiary/aromatic N) is 2. The highest BCUT2D eigenvalue weighted by molar-refractivity contribution is 5.72. The second-order valence-electron chi connectivity index (χ2n) is 6.61. The van der Waals surface area contributed by atoms with Crippen LogP contribution in [-0.4, -0.2) is 28.9 Å². The predicted octanol–water partition coefficient (Wildman–Crippen LogP) is 4.98. The standard InChI is InChI=1S/C22H26N2O3/c1-16(2)27-22-14-20(17(3)13-21(22)24(25)26)19-9-11-23(12-10-19)15-18-7-5-4-6-8-18/h4-9,13-14,16H,10-12,15H2,1-3H3/i11D2,12D2,16D. The van der Waals surface area contributed by atoms with E-state index in [1.54, 1.807) is 6.92 Å².